The van der Waals surface area contributed by atoms with Crippen molar-refractivity contribution in [3.8, 4) is 11.4 Å². The van der Waals surface area contributed by atoms with Gasteiger partial charge in [-0.3, -0.25) is 9.69 Å². The molecule has 23 heavy (non-hydrogen) atoms. The molecule has 0 atom stereocenters. The first-order chi connectivity index (χ1) is 11.3. The van der Waals surface area contributed by atoms with Gasteiger partial charge < -0.3 is 10.1 Å². The Labute approximate surface area is 135 Å². The molecule has 1 aliphatic heterocycles. The molecule has 120 valence electrons. The number of rotatable bonds is 5. The number of hydrogen-bond donors (Lipinski definition) is 1. The van der Waals surface area contributed by atoms with Gasteiger partial charge in [0.1, 0.15) is 0 Å². The first-order valence-electron chi connectivity index (χ1n) is 7.79. The van der Waals surface area contributed by atoms with E-state index in [4.69, 9.17) is 4.74 Å². The van der Waals surface area contributed by atoms with Crippen molar-refractivity contribution in [3.63, 3.8) is 0 Å². The molecular weight excluding hydrogens is 292 g/mol. The molecule has 1 aromatic heterocycles. The van der Waals surface area contributed by atoms with Gasteiger partial charge in [0.05, 0.1) is 18.8 Å². The van der Waals surface area contributed by atoms with Crippen LogP contribution in [0.4, 0.5) is 0 Å². The number of hydrogen-bond acceptors (Lipinski definition) is 5. The Morgan fingerprint density at radius 2 is 1.83 bits per heavy atom. The van der Waals surface area contributed by atoms with Crippen molar-refractivity contribution in [2.75, 3.05) is 39.4 Å². The Balaban J connectivity index is 1.51. The first kappa shape index (κ1) is 15.6. The number of ether oxygens (including phenoxy) is 1. The largest absolute Gasteiger partial charge is 0.379 e. The van der Waals surface area contributed by atoms with Gasteiger partial charge in [-0.1, -0.05) is 30.3 Å². The number of amides is 1. The highest BCUT2D eigenvalue weighted by Gasteiger charge is 2.11. The number of carbonyl (C=O) groups excluding carboxylic acids is 1. The molecular formula is C17H20N4O2. The van der Waals surface area contributed by atoms with Crippen LogP contribution in [0.2, 0.25) is 0 Å². The highest BCUT2D eigenvalue weighted by molar-refractivity contribution is 5.93. The molecule has 1 fully saturated rings. The van der Waals surface area contributed by atoms with Crippen LogP contribution in [0.15, 0.2) is 42.7 Å². The second-order valence-electron chi connectivity index (χ2n) is 5.37. The third kappa shape index (κ3) is 4.34. The van der Waals surface area contributed by atoms with Crippen LogP contribution in [0.1, 0.15) is 10.4 Å². The van der Waals surface area contributed by atoms with E-state index in [0.717, 1.165) is 38.4 Å². The summed E-state index contributed by atoms with van der Waals surface area (Å²) in [5.41, 5.74) is 1.42. The molecule has 1 aromatic carbocycles. The highest BCUT2D eigenvalue weighted by atomic mass is 16.5. The van der Waals surface area contributed by atoms with Crippen LogP contribution in [0.3, 0.4) is 0 Å². The van der Waals surface area contributed by atoms with Gasteiger partial charge in [0.25, 0.3) is 5.91 Å². The molecule has 1 N–H and O–H groups in total. The maximum absolute atomic E-state index is 12.1. The Bertz CT molecular complexity index is 625. The van der Waals surface area contributed by atoms with Gasteiger partial charge in [-0.05, 0) is 0 Å². The molecule has 1 saturated heterocycles. The summed E-state index contributed by atoms with van der Waals surface area (Å²) in [5.74, 6) is 0.480. The summed E-state index contributed by atoms with van der Waals surface area (Å²) in [6.07, 6.45) is 3.14. The lowest BCUT2D eigenvalue weighted by atomic mass is 10.2. The van der Waals surface area contributed by atoms with E-state index >= 15 is 0 Å². The SMILES string of the molecule is O=C(NCCN1CCOCC1)c1cnc(-c2ccccc2)nc1. The van der Waals surface area contributed by atoms with Gasteiger partial charge in [-0.25, -0.2) is 9.97 Å². The molecule has 0 aliphatic carbocycles. The predicted molar refractivity (Wildman–Crippen MR) is 87.1 cm³/mol. The minimum absolute atomic E-state index is 0.141. The smallest absolute Gasteiger partial charge is 0.254 e. The van der Waals surface area contributed by atoms with E-state index in [1.165, 1.54) is 0 Å². The number of nitrogens with one attached hydrogen (secondary N) is 1. The normalized spacial score (nSPS) is 15.3. The lowest BCUT2D eigenvalue weighted by molar-refractivity contribution is 0.0383. The van der Waals surface area contributed by atoms with Crippen molar-refractivity contribution < 1.29 is 9.53 Å². The van der Waals surface area contributed by atoms with Crippen LogP contribution in [0.25, 0.3) is 11.4 Å². The quantitative estimate of drug-likeness (QED) is 0.899. The van der Waals surface area contributed by atoms with Crippen LogP contribution >= 0.6 is 0 Å². The summed E-state index contributed by atoms with van der Waals surface area (Å²) in [6, 6.07) is 9.70. The molecule has 1 amide bonds. The van der Waals surface area contributed by atoms with E-state index in [-0.39, 0.29) is 5.91 Å². The van der Waals surface area contributed by atoms with Crippen LogP contribution in [0, 0.1) is 0 Å². The minimum Gasteiger partial charge on any atom is -0.379 e. The average Bonchev–Trinajstić information content (AvgIpc) is 2.63. The fraction of sp³-hybridized carbons (Fsp3) is 0.353. The molecule has 6 heteroatoms. The minimum atomic E-state index is -0.141. The third-order valence-corrected chi connectivity index (χ3v) is 3.76. The summed E-state index contributed by atoms with van der Waals surface area (Å²) >= 11 is 0. The molecule has 2 aromatic rings. The average molecular weight is 312 g/mol. The molecule has 1 aliphatic rings. The lowest BCUT2D eigenvalue weighted by Gasteiger charge is -2.26. The number of morpholine rings is 1. The van der Waals surface area contributed by atoms with Gasteiger partial charge in [-0.15, -0.1) is 0 Å². The second kappa shape index (κ2) is 7.80. The van der Waals surface area contributed by atoms with Crippen LogP contribution in [-0.2, 0) is 4.74 Å². The second-order valence-corrected chi connectivity index (χ2v) is 5.37. The van der Waals surface area contributed by atoms with Crippen LogP contribution < -0.4 is 5.32 Å². The van der Waals surface area contributed by atoms with Crippen molar-refractivity contribution in [1.82, 2.24) is 20.2 Å². The van der Waals surface area contributed by atoms with E-state index in [9.17, 15) is 4.79 Å². The van der Waals surface area contributed by atoms with E-state index in [1.54, 1.807) is 12.4 Å². The molecule has 0 unspecified atom stereocenters. The zero-order valence-electron chi connectivity index (χ0n) is 12.9. The van der Waals surface area contributed by atoms with Crippen molar-refractivity contribution in [1.29, 1.82) is 0 Å². The Hall–Kier alpha value is -2.31. The van der Waals surface area contributed by atoms with Gasteiger partial charge in [-0.2, -0.15) is 0 Å². The van der Waals surface area contributed by atoms with Crippen molar-refractivity contribution in [3.05, 3.63) is 48.3 Å². The maximum Gasteiger partial charge on any atom is 0.254 e. The van der Waals surface area contributed by atoms with Crippen molar-refractivity contribution >= 4 is 5.91 Å². The number of benzene rings is 1. The summed E-state index contributed by atoms with van der Waals surface area (Å²) < 4.78 is 5.30. The number of nitrogens with zero attached hydrogens (tertiary/aromatic N) is 3. The molecule has 0 bridgehead atoms. The summed E-state index contributed by atoms with van der Waals surface area (Å²) in [7, 11) is 0. The molecule has 0 spiro atoms. The fourth-order valence-corrected chi connectivity index (χ4v) is 2.44. The molecule has 0 saturated carbocycles. The molecule has 6 nitrogen and oxygen atoms in total. The number of aromatic nitrogens is 2. The fourth-order valence-electron chi connectivity index (χ4n) is 2.44. The van der Waals surface area contributed by atoms with E-state index < -0.39 is 0 Å². The van der Waals surface area contributed by atoms with E-state index in [0.29, 0.717) is 17.9 Å². The van der Waals surface area contributed by atoms with Crippen molar-refractivity contribution in [2.45, 2.75) is 0 Å². The summed E-state index contributed by atoms with van der Waals surface area (Å²) in [4.78, 5) is 22.9. The van der Waals surface area contributed by atoms with Gasteiger partial charge >= 0.3 is 0 Å². The Morgan fingerprint density at radius 3 is 2.52 bits per heavy atom. The topological polar surface area (TPSA) is 67.4 Å². The molecule has 0 radical (unpaired) electrons. The van der Waals surface area contributed by atoms with Crippen LogP contribution in [0.5, 0.6) is 0 Å². The highest BCUT2D eigenvalue weighted by Crippen LogP contribution is 2.13. The van der Waals surface area contributed by atoms with Gasteiger partial charge in [0.15, 0.2) is 5.82 Å². The van der Waals surface area contributed by atoms with E-state index in [2.05, 4.69) is 20.2 Å². The van der Waals surface area contributed by atoms with Crippen molar-refractivity contribution in [2.24, 2.45) is 0 Å². The number of carbonyl (C=O) groups is 1. The Morgan fingerprint density at radius 1 is 1.13 bits per heavy atom. The van der Waals surface area contributed by atoms with Gasteiger partial charge in [0, 0.05) is 44.1 Å². The van der Waals surface area contributed by atoms with E-state index in [1.807, 2.05) is 30.3 Å². The standard InChI is InChI=1S/C17H20N4O2/c22-17(18-6-7-21-8-10-23-11-9-21)15-12-19-16(20-13-15)14-4-2-1-3-5-14/h1-5,12-13H,6-11H2,(H,18,22). The van der Waals surface area contributed by atoms with Gasteiger partial charge in [0.2, 0.25) is 0 Å². The first-order valence-corrected chi connectivity index (χ1v) is 7.79. The molecule has 2 heterocycles. The lowest BCUT2D eigenvalue weighted by Crippen LogP contribution is -2.41. The van der Waals surface area contributed by atoms with Crippen LogP contribution in [-0.4, -0.2) is 60.2 Å². The predicted octanol–water partition coefficient (Wildman–Crippen LogP) is 1.21. The zero-order valence-corrected chi connectivity index (χ0v) is 12.9. The maximum atomic E-state index is 12.1. The summed E-state index contributed by atoms with van der Waals surface area (Å²) in [5, 5.41) is 2.90. The molecule has 3 rings (SSSR count). The monoisotopic (exact) mass is 312 g/mol. The third-order valence-electron chi connectivity index (χ3n) is 3.76. The zero-order chi connectivity index (χ0) is 15.9. The summed E-state index contributed by atoms with van der Waals surface area (Å²) in [6.45, 7) is 4.82. The Kier molecular flexibility index (Phi) is 5.29.